The van der Waals surface area contributed by atoms with Crippen LogP contribution in [0.15, 0.2) is 42.5 Å². The molecule has 0 radical (unpaired) electrons. The van der Waals surface area contributed by atoms with Crippen LogP contribution in [0.4, 0.5) is 15.8 Å². The first-order valence-corrected chi connectivity index (χ1v) is 7.48. The van der Waals surface area contributed by atoms with E-state index in [0.717, 1.165) is 11.6 Å². The third kappa shape index (κ3) is 3.43. The second-order valence-corrected chi connectivity index (χ2v) is 5.68. The van der Waals surface area contributed by atoms with Crippen molar-refractivity contribution in [3.8, 4) is 0 Å². The van der Waals surface area contributed by atoms with E-state index < -0.39 is 10.7 Å². The summed E-state index contributed by atoms with van der Waals surface area (Å²) in [6, 6.07) is 10.7. The molecule has 1 atom stereocenters. The van der Waals surface area contributed by atoms with Gasteiger partial charge in [-0.3, -0.25) is 10.1 Å². The molecule has 1 heterocycles. The van der Waals surface area contributed by atoms with Gasteiger partial charge in [-0.05, 0) is 23.8 Å². The Kier molecular flexibility index (Phi) is 4.45. The van der Waals surface area contributed by atoms with Gasteiger partial charge in [0.2, 0.25) is 0 Å². The molecule has 5 nitrogen and oxygen atoms in total. The third-order valence-corrected chi connectivity index (χ3v) is 4.04. The average molecular weight is 337 g/mol. The van der Waals surface area contributed by atoms with Crippen LogP contribution in [0.25, 0.3) is 0 Å². The molecular formula is C16H14ClFN2O3. The second-order valence-electron chi connectivity index (χ2n) is 5.25. The molecule has 0 aromatic heterocycles. The van der Waals surface area contributed by atoms with Crippen molar-refractivity contribution >= 4 is 23.0 Å². The van der Waals surface area contributed by atoms with Crippen LogP contribution in [0.1, 0.15) is 11.7 Å². The van der Waals surface area contributed by atoms with Crippen LogP contribution in [0, 0.1) is 15.9 Å². The smallest absolute Gasteiger partial charge is 0.292 e. The number of anilines is 1. The molecule has 1 unspecified atom stereocenters. The predicted molar refractivity (Wildman–Crippen MR) is 85.4 cm³/mol. The Morgan fingerprint density at radius 1 is 1.26 bits per heavy atom. The molecule has 1 fully saturated rings. The highest BCUT2D eigenvalue weighted by Crippen LogP contribution is 2.33. The molecule has 1 saturated heterocycles. The number of hydrogen-bond donors (Lipinski definition) is 0. The number of nitro benzene ring substituents is 1. The van der Waals surface area contributed by atoms with Crippen LogP contribution < -0.4 is 4.90 Å². The lowest BCUT2D eigenvalue weighted by atomic mass is 10.1. The summed E-state index contributed by atoms with van der Waals surface area (Å²) in [5.74, 6) is -0.500. The van der Waals surface area contributed by atoms with E-state index in [1.54, 1.807) is 17.0 Å². The fraction of sp³-hybridized carbons (Fsp3) is 0.250. The summed E-state index contributed by atoms with van der Waals surface area (Å²) in [4.78, 5) is 12.5. The zero-order valence-electron chi connectivity index (χ0n) is 12.1. The number of ether oxygens (including phenoxy) is 1. The molecular weight excluding hydrogens is 323 g/mol. The highest BCUT2D eigenvalue weighted by atomic mass is 35.5. The number of rotatable bonds is 3. The molecule has 0 amide bonds. The van der Waals surface area contributed by atoms with Gasteiger partial charge in [-0.25, -0.2) is 4.39 Å². The zero-order valence-corrected chi connectivity index (χ0v) is 12.9. The summed E-state index contributed by atoms with van der Waals surface area (Å²) >= 11 is 5.88. The van der Waals surface area contributed by atoms with Gasteiger partial charge in [-0.15, -0.1) is 0 Å². The van der Waals surface area contributed by atoms with E-state index >= 15 is 0 Å². The largest absolute Gasteiger partial charge is 0.370 e. The summed E-state index contributed by atoms with van der Waals surface area (Å²) < 4.78 is 19.3. The molecule has 120 valence electrons. The van der Waals surface area contributed by atoms with Gasteiger partial charge in [0.05, 0.1) is 11.5 Å². The molecule has 0 saturated carbocycles. The molecule has 2 aromatic rings. The van der Waals surface area contributed by atoms with Crippen molar-refractivity contribution < 1.29 is 14.1 Å². The van der Waals surface area contributed by atoms with Crippen LogP contribution in [-0.2, 0) is 4.74 Å². The summed E-state index contributed by atoms with van der Waals surface area (Å²) in [5, 5.41) is 11.8. The van der Waals surface area contributed by atoms with Crippen molar-refractivity contribution in [3.63, 3.8) is 0 Å². The lowest BCUT2D eigenvalue weighted by molar-refractivity contribution is -0.384. The molecule has 1 aliphatic heterocycles. The highest BCUT2D eigenvalue weighted by Gasteiger charge is 2.27. The molecule has 23 heavy (non-hydrogen) atoms. The number of nitrogens with zero attached hydrogens (tertiary/aromatic N) is 2. The molecule has 0 spiro atoms. The van der Waals surface area contributed by atoms with E-state index in [1.807, 2.05) is 12.1 Å². The van der Waals surface area contributed by atoms with Crippen molar-refractivity contribution in [2.45, 2.75) is 6.10 Å². The van der Waals surface area contributed by atoms with Crippen molar-refractivity contribution in [2.24, 2.45) is 0 Å². The molecule has 0 N–H and O–H groups in total. The number of morpholine rings is 1. The lowest BCUT2D eigenvalue weighted by Gasteiger charge is -2.34. The first-order chi connectivity index (χ1) is 11.0. The topological polar surface area (TPSA) is 55.6 Å². The quantitative estimate of drug-likeness (QED) is 0.628. The number of nitro groups is 1. The number of benzene rings is 2. The Balaban J connectivity index is 1.88. The van der Waals surface area contributed by atoms with Gasteiger partial charge in [-0.2, -0.15) is 0 Å². The minimum atomic E-state index is -0.500. The highest BCUT2D eigenvalue weighted by molar-refractivity contribution is 6.30. The molecule has 0 aliphatic carbocycles. The summed E-state index contributed by atoms with van der Waals surface area (Å²) in [6.45, 7) is 1.28. The van der Waals surface area contributed by atoms with Crippen molar-refractivity contribution in [1.29, 1.82) is 0 Å². The Morgan fingerprint density at radius 2 is 2.00 bits per heavy atom. The van der Waals surface area contributed by atoms with E-state index in [0.29, 0.717) is 24.7 Å². The van der Waals surface area contributed by atoms with E-state index in [-0.39, 0.29) is 17.5 Å². The maximum absolute atomic E-state index is 13.5. The minimum Gasteiger partial charge on any atom is -0.370 e. The molecule has 7 heteroatoms. The van der Waals surface area contributed by atoms with Crippen molar-refractivity contribution in [3.05, 3.63) is 69.0 Å². The Bertz CT molecular complexity index is 724. The fourth-order valence-corrected chi connectivity index (χ4v) is 2.78. The maximum Gasteiger partial charge on any atom is 0.292 e. The van der Waals surface area contributed by atoms with Gasteiger partial charge in [0, 0.05) is 30.2 Å². The fourth-order valence-electron chi connectivity index (χ4n) is 2.65. The van der Waals surface area contributed by atoms with Gasteiger partial charge < -0.3 is 9.64 Å². The zero-order chi connectivity index (χ0) is 16.4. The Labute approximate surface area is 137 Å². The second kappa shape index (κ2) is 6.52. The van der Waals surface area contributed by atoms with Crippen LogP contribution in [0.3, 0.4) is 0 Å². The van der Waals surface area contributed by atoms with Crippen LogP contribution >= 0.6 is 11.6 Å². The first kappa shape index (κ1) is 15.7. The van der Waals surface area contributed by atoms with Gasteiger partial charge in [0.25, 0.3) is 5.69 Å². The molecule has 0 bridgehead atoms. The normalized spacial score (nSPS) is 18.0. The summed E-state index contributed by atoms with van der Waals surface area (Å²) in [6.07, 6.45) is -0.246. The van der Waals surface area contributed by atoms with E-state index in [2.05, 4.69) is 0 Å². The maximum atomic E-state index is 13.5. The SMILES string of the molecule is O=[N+]([O-])c1ccc(F)cc1N1CCOC(c2ccc(Cl)cc2)C1. The van der Waals surface area contributed by atoms with E-state index in [1.165, 1.54) is 12.1 Å². The van der Waals surface area contributed by atoms with Crippen LogP contribution in [0.2, 0.25) is 5.02 Å². The van der Waals surface area contributed by atoms with E-state index in [4.69, 9.17) is 16.3 Å². The van der Waals surface area contributed by atoms with Crippen LogP contribution in [-0.4, -0.2) is 24.6 Å². The molecule has 1 aliphatic rings. The van der Waals surface area contributed by atoms with Gasteiger partial charge >= 0.3 is 0 Å². The lowest BCUT2D eigenvalue weighted by Crippen LogP contribution is -2.38. The first-order valence-electron chi connectivity index (χ1n) is 7.10. The Hall–Kier alpha value is -2.18. The van der Waals surface area contributed by atoms with Crippen LogP contribution in [0.5, 0.6) is 0 Å². The predicted octanol–water partition coefficient (Wildman–Crippen LogP) is 3.97. The van der Waals surface area contributed by atoms with E-state index in [9.17, 15) is 14.5 Å². The summed E-state index contributed by atoms with van der Waals surface area (Å²) in [5.41, 5.74) is 1.10. The van der Waals surface area contributed by atoms with Crippen molar-refractivity contribution in [1.82, 2.24) is 0 Å². The van der Waals surface area contributed by atoms with Crippen molar-refractivity contribution in [2.75, 3.05) is 24.6 Å². The average Bonchev–Trinajstić information content (AvgIpc) is 2.55. The minimum absolute atomic E-state index is 0.108. The van der Waals surface area contributed by atoms with Gasteiger partial charge in [0.1, 0.15) is 17.6 Å². The van der Waals surface area contributed by atoms with Gasteiger partial charge in [0.15, 0.2) is 0 Å². The number of halogens is 2. The monoisotopic (exact) mass is 336 g/mol. The molecule has 3 rings (SSSR count). The molecule has 2 aromatic carbocycles. The Morgan fingerprint density at radius 3 is 2.70 bits per heavy atom. The standard InChI is InChI=1S/C16H14ClFN2O3/c17-12-3-1-11(2-4-12)16-10-19(7-8-23-16)15-9-13(18)5-6-14(15)20(21)22/h1-6,9,16H,7-8,10H2. The van der Waals surface area contributed by atoms with Gasteiger partial charge in [-0.1, -0.05) is 23.7 Å². The summed E-state index contributed by atoms with van der Waals surface area (Å²) in [7, 11) is 0. The number of hydrogen-bond acceptors (Lipinski definition) is 4. The third-order valence-electron chi connectivity index (χ3n) is 3.78.